The molecule has 1 radical (unpaired) electrons. The van der Waals surface area contributed by atoms with Crippen LogP contribution in [-0.4, -0.2) is 29.6 Å². The topological polar surface area (TPSA) is 0 Å². The second-order valence-electron chi connectivity index (χ2n) is 0.247. The maximum Gasteiger partial charge on any atom is 0 e. The number of hydrogen-bond donors (Lipinski definition) is 0. The maximum absolute atomic E-state index is 9.85. The molecule has 6 heteroatoms. The standard InChI is InChI=1S/Er.4FH.Na/h;4*1H;/q+4;;;;;/p-4. The maximum atomic E-state index is 9.85. The van der Waals surface area contributed by atoms with Crippen molar-refractivity contribution in [3.63, 3.8) is 0 Å². The summed E-state index contributed by atoms with van der Waals surface area (Å²) in [7, 11) is 0. The number of rotatable bonds is 0. The molecule has 0 N–H and O–H groups in total. The minimum atomic E-state index is -6.83. The molecule has 0 aromatic carbocycles. The molecule has 0 spiro atoms. The molecule has 0 bridgehead atoms. The van der Waals surface area contributed by atoms with E-state index in [9.17, 15) is 5.65 Å². The first kappa shape index (κ1) is 10.9. The van der Waals surface area contributed by atoms with Crippen LogP contribution in [0.5, 0.6) is 0 Å². The van der Waals surface area contributed by atoms with Crippen molar-refractivity contribution in [2.45, 2.75) is 0 Å². The summed E-state index contributed by atoms with van der Waals surface area (Å²) in [4.78, 5) is 0. The van der Waals surface area contributed by atoms with E-state index in [4.69, 9.17) is 0 Å². The molecule has 41 valence electrons. The Labute approximate surface area is 66.6 Å². The van der Waals surface area contributed by atoms with Gasteiger partial charge < -0.3 is 0 Å². The first-order valence-corrected chi connectivity index (χ1v) is 3.24. The van der Waals surface area contributed by atoms with E-state index in [0.29, 0.717) is 0 Å². The van der Waals surface area contributed by atoms with Gasteiger partial charge in [-0.1, -0.05) is 0 Å². The van der Waals surface area contributed by atoms with Crippen molar-refractivity contribution in [2.75, 3.05) is 0 Å². The molecule has 0 amide bonds. The van der Waals surface area contributed by atoms with Crippen LogP contribution in [0.25, 0.3) is 0 Å². The Kier molecular flexibility index (Phi) is 7.07. The molecule has 0 aromatic rings. The molecule has 6 heavy (non-hydrogen) atoms. The van der Waals surface area contributed by atoms with Crippen LogP contribution in [0, 0.1) is 32.7 Å². The van der Waals surface area contributed by atoms with Crippen molar-refractivity contribution in [1.29, 1.82) is 0 Å². The van der Waals surface area contributed by atoms with Gasteiger partial charge in [-0.15, -0.1) is 0 Å². The van der Waals surface area contributed by atoms with Crippen LogP contribution in [0.4, 0.5) is 5.65 Å². The van der Waals surface area contributed by atoms with Crippen molar-refractivity contribution in [2.24, 2.45) is 0 Å². The van der Waals surface area contributed by atoms with Gasteiger partial charge in [-0.25, -0.2) is 0 Å². The molecular weight excluding hydrogens is 266 g/mol. The largest absolute Gasteiger partial charge is 0 e. The van der Waals surface area contributed by atoms with Crippen LogP contribution in [-0.2, 0) is 0 Å². The summed E-state index contributed by atoms with van der Waals surface area (Å²) in [6.07, 6.45) is 0. The van der Waals surface area contributed by atoms with Crippen LogP contribution in [0.1, 0.15) is 0 Å². The van der Waals surface area contributed by atoms with Crippen LogP contribution in [0.3, 0.4) is 0 Å². The molecule has 0 nitrogen and oxygen atoms in total. The van der Waals surface area contributed by atoms with Crippen LogP contribution < -0.4 is 0 Å². The van der Waals surface area contributed by atoms with Gasteiger partial charge >= 0.3 is 38.3 Å². The third kappa shape index (κ3) is 38.1. The Balaban J connectivity index is 0. The predicted octanol–water partition coefficient (Wildman–Crippen LogP) is 1.30. The molecule has 0 saturated carbocycles. The normalized spacial score (nSPS) is 12.7. The summed E-state index contributed by atoms with van der Waals surface area (Å²) in [5.41, 5.74) is 0. The second kappa shape index (κ2) is 3.91. The van der Waals surface area contributed by atoms with E-state index in [0.717, 1.165) is 0 Å². The van der Waals surface area contributed by atoms with Crippen LogP contribution >= 0.6 is 0 Å². The summed E-state index contributed by atoms with van der Waals surface area (Å²) in [6.45, 7) is 0. The monoisotopic (exact) mass is 265 g/mol. The Morgan fingerprint density at radius 2 is 0.833 bits per heavy atom. The van der Waals surface area contributed by atoms with E-state index in [1.807, 2.05) is 0 Å². The molecule has 0 aliphatic heterocycles. The fourth-order valence-corrected chi connectivity index (χ4v) is 0. The van der Waals surface area contributed by atoms with E-state index in [2.05, 4.69) is 0 Å². The molecule has 0 aliphatic rings. The van der Waals surface area contributed by atoms with Crippen LogP contribution in [0.15, 0.2) is 0 Å². The quantitative estimate of drug-likeness (QED) is 0.458. The fourth-order valence-electron chi connectivity index (χ4n) is 0. The summed E-state index contributed by atoms with van der Waals surface area (Å²) < 4.78 is 39.4. The zero-order chi connectivity index (χ0) is 4.50. The molecule has 0 fully saturated rings. The molecule has 0 aromatic heterocycles. The van der Waals surface area contributed by atoms with Crippen LogP contribution in [0.2, 0.25) is 0 Å². The Bertz CT molecular complexity index is 23.0. The van der Waals surface area contributed by atoms with Gasteiger partial charge in [0.2, 0.25) is 0 Å². The van der Waals surface area contributed by atoms with E-state index < -0.39 is 32.7 Å². The van der Waals surface area contributed by atoms with Crippen molar-refractivity contribution in [1.82, 2.24) is 0 Å². The summed E-state index contributed by atoms with van der Waals surface area (Å²) in [5, 5.41) is 0. The summed E-state index contributed by atoms with van der Waals surface area (Å²) >= 11 is -6.83. The molecular formula is ErF4Na. The minimum absolute atomic E-state index is 0. The second-order valence-corrected chi connectivity index (χ2v) is 1.84. The van der Waals surface area contributed by atoms with Crippen molar-refractivity contribution in [3.8, 4) is 0 Å². The third-order valence-corrected chi connectivity index (χ3v) is 0. The molecule has 0 aliphatic carbocycles. The third-order valence-electron chi connectivity index (χ3n) is 0. The van der Waals surface area contributed by atoms with E-state index in [1.165, 1.54) is 0 Å². The van der Waals surface area contributed by atoms with E-state index in [-0.39, 0.29) is 29.6 Å². The number of hydrogen-bond acceptors (Lipinski definition) is 0. The van der Waals surface area contributed by atoms with Gasteiger partial charge in [0.15, 0.2) is 0 Å². The average Bonchev–Trinajstić information content (AvgIpc) is 0.722. The number of halogens is 4. The van der Waals surface area contributed by atoms with Gasteiger partial charge in [-0.2, -0.15) is 0 Å². The van der Waals surface area contributed by atoms with Gasteiger partial charge in [0.25, 0.3) is 0 Å². The van der Waals surface area contributed by atoms with Gasteiger partial charge in [-0.05, 0) is 0 Å². The smallest absolute Gasteiger partial charge is 0 e. The average molecular weight is 266 g/mol. The first-order valence-electron chi connectivity index (χ1n) is 0.436. The van der Waals surface area contributed by atoms with E-state index in [1.54, 1.807) is 0 Å². The van der Waals surface area contributed by atoms with Gasteiger partial charge in [-0.3, -0.25) is 0 Å². The Morgan fingerprint density at radius 1 is 0.833 bits per heavy atom. The van der Waals surface area contributed by atoms with Crippen molar-refractivity contribution < 1.29 is 38.3 Å². The molecule has 0 rings (SSSR count). The van der Waals surface area contributed by atoms with Gasteiger partial charge in [0.1, 0.15) is 0 Å². The molecule has 0 unspecified atom stereocenters. The zero-order valence-corrected chi connectivity index (χ0v) is 6.65. The molecule has 0 saturated heterocycles. The first-order chi connectivity index (χ1) is 2.00. The fraction of sp³-hybridized carbons (Fsp3) is 0. The molecule has 0 heterocycles. The Morgan fingerprint density at radius 3 is 0.833 bits per heavy atom. The van der Waals surface area contributed by atoms with E-state index >= 15 is 0 Å². The SMILES string of the molecule is [F][Er]([F])([F])[F].[Na]. The molecule has 0 atom stereocenters. The zero-order valence-electron chi connectivity index (χ0n) is 2.80. The van der Waals surface area contributed by atoms with Crippen molar-refractivity contribution in [3.05, 3.63) is 0 Å². The minimum Gasteiger partial charge on any atom is 0 e. The Hall–Kier alpha value is 1.97. The van der Waals surface area contributed by atoms with Gasteiger partial charge in [0, 0.05) is 29.6 Å². The van der Waals surface area contributed by atoms with Gasteiger partial charge in [0.05, 0.1) is 0 Å². The summed E-state index contributed by atoms with van der Waals surface area (Å²) in [5.74, 6) is 0. The summed E-state index contributed by atoms with van der Waals surface area (Å²) in [6, 6.07) is 0. The van der Waals surface area contributed by atoms with Crippen molar-refractivity contribution >= 4 is 29.6 Å². The predicted molar refractivity (Wildman–Crippen MR) is 10.2 cm³/mol.